The van der Waals surface area contributed by atoms with Crippen molar-refractivity contribution in [3.63, 3.8) is 0 Å². The first kappa shape index (κ1) is 23.1. The Morgan fingerprint density at radius 3 is 2.45 bits per heavy atom. The maximum Gasteiger partial charge on any atom is 0.416 e. The summed E-state index contributed by atoms with van der Waals surface area (Å²) in [6.45, 7) is 4.58. The lowest BCUT2D eigenvalue weighted by Gasteiger charge is -2.34. The highest BCUT2D eigenvalue weighted by molar-refractivity contribution is 6.31. The molecule has 11 heteroatoms. The molecule has 0 atom stereocenters. The average molecular weight is 480 g/mol. The van der Waals surface area contributed by atoms with Crippen molar-refractivity contribution in [1.29, 1.82) is 0 Å². The quantitative estimate of drug-likeness (QED) is 0.565. The van der Waals surface area contributed by atoms with Gasteiger partial charge in [0.2, 0.25) is 0 Å². The Balaban J connectivity index is 1.29. The Bertz CT molecular complexity index is 1130. The summed E-state index contributed by atoms with van der Waals surface area (Å²) in [5, 5.41) is 7.37. The first-order chi connectivity index (χ1) is 15.7. The second-order valence-electron chi connectivity index (χ2n) is 7.75. The summed E-state index contributed by atoms with van der Waals surface area (Å²) in [5.41, 5.74) is 1.25. The maximum absolute atomic E-state index is 12.7. The molecule has 1 saturated heterocycles. The lowest BCUT2D eigenvalue weighted by Crippen LogP contribution is -2.49. The highest BCUT2D eigenvalue weighted by atomic mass is 35.5. The van der Waals surface area contributed by atoms with Crippen molar-refractivity contribution in [2.45, 2.75) is 19.6 Å². The van der Waals surface area contributed by atoms with Crippen LogP contribution in [0.2, 0.25) is 5.02 Å². The van der Waals surface area contributed by atoms with Gasteiger partial charge >= 0.3 is 12.2 Å². The number of aryl methyl sites for hydroxylation is 1. The maximum atomic E-state index is 12.7. The van der Waals surface area contributed by atoms with Crippen LogP contribution in [0.1, 0.15) is 17.0 Å². The van der Waals surface area contributed by atoms with E-state index in [1.807, 2.05) is 13.0 Å². The fourth-order valence-corrected chi connectivity index (χ4v) is 3.60. The van der Waals surface area contributed by atoms with Crippen molar-refractivity contribution >= 4 is 23.3 Å². The molecule has 1 aliphatic heterocycles. The predicted molar refractivity (Wildman–Crippen MR) is 117 cm³/mol. The lowest BCUT2D eigenvalue weighted by atomic mass is 10.1. The Kier molecular flexibility index (Phi) is 6.57. The molecule has 33 heavy (non-hydrogen) atoms. The van der Waals surface area contributed by atoms with Crippen LogP contribution in [0.25, 0.3) is 11.5 Å². The van der Waals surface area contributed by atoms with E-state index >= 15 is 0 Å². The fraction of sp³-hybridized carbons (Fsp3) is 0.318. The van der Waals surface area contributed by atoms with Gasteiger partial charge in [0.25, 0.3) is 5.89 Å². The second-order valence-corrected chi connectivity index (χ2v) is 8.16. The van der Waals surface area contributed by atoms with E-state index in [0.29, 0.717) is 54.8 Å². The van der Waals surface area contributed by atoms with Crippen LogP contribution in [-0.2, 0) is 12.7 Å². The number of nitrogens with one attached hydrogen (secondary N) is 1. The minimum Gasteiger partial charge on any atom is -0.334 e. The fourth-order valence-electron chi connectivity index (χ4n) is 3.42. The van der Waals surface area contributed by atoms with E-state index in [1.54, 1.807) is 17.0 Å². The number of rotatable bonds is 4. The molecule has 1 aliphatic rings. The first-order valence-electron chi connectivity index (χ1n) is 10.2. The number of hydrogen-bond donors (Lipinski definition) is 1. The van der Waals surface area contributed by atoms with E-state index in [4.69, 9.17) is 16.1 Å². The molecular formula is C22H21ClF3N5O2. The first-order valence-corrected chi connectivity index (χ1v) is 10.6. The zero-order valence-electron chi connectivity index (χ0n) is 17.7. The summed E-state index contributed by atoms with van der Waals surface area (Å²) in [4.78, 5) is 20.6. The molecule has 3 aromatic rings. The van der Waals surface area contributed by atoms with Gasteiger partial charge in [0.1, 0.15) is 0 Å². The van der Waals surface area contributed by atoms with Gasteiger partial charge in [-0.2, -0.15) is 18.2 Å². The van der Waals surface area contributed by atoms with E-state index < -0.39 is 11.7 Å². The number of anilines is 1. The van der Waals surface area contributed by atoms with Gasteiger partial charge in [0, 0.05) is 42.5 Å². The predicted octanol–water partition coefficient (Wildman–Crippen LogP) is 5.07. The van der Waals surface area contributed by atoms with Crippen LogP contribution in [0, 0.1) is 6.92 Å². The van der Waals surface area contributed by atoms with Gasteiger partial charge in [0.05, 0.1) is 12.1 Å². The normalized spacial score (nSPS) is 15.0. The van der Waals surface area contributed by atoms with Gasteiger partial charge in [-0.1, -0.05) is 22.8 Å². The van der Waals surface area contributed by atoms with E-state index in [9.17, 15) is 18.0 Å². The highest BCUT2D eigenvalue weighted by Gasteiger charge is 2.30. The third kappa shape index (κ3) is 5.63. The van der Waals surface area contributed by atoms with Crippen LogP contribution in [-0.4, -0.2) is 52.2 Å². The van der Waals surface area contributed by atoms with E-state index in [2.05, 4.69) is 20.4 Å². The van der Waals surface area contributed by atoms with Gasteiger partial charge in [-0.25, -0.2) is 4.79 Å². The Morgan fingerprint density at radius 2 is 1.82 bits per heavy atom. The average Bonchev–Trinajstić information content (AvgIpc) is 3.25. The summed E-state index contributed by atoms with van der Waals surface area (Å²) < 4.78 is 43.3. The van der Waals surface area contributed by atoms with E-state index in [-0.39, 0.29) is 11.9 Å². The number of benzene rings is 2. The van der Waals surface area contributed by atoms with Crippen LogP contribution >= 0.6 is 11.6 Å². The second kappa shape index (κ2) is 9.40. The van der Waals surface area contributed by atoms with Crippen molar-refractivity contribution < 1.29 is 22.5 Å². The zero-order valence-corrected chi connectivity index (χ0v) is 18.5. The van der Waals surface area contributed by atoms with Gasteiger partial charge in [-0.3, -0.25) is 4.90 Å². The molecule has 1 fully saturated rings. The molecule has 0 aliphatic carbocycles. The number of carbonyl (C=O) groups is 1. The zero-order chi connectivity index (χ0) is 23.6. The Hall–Kier alpha value is -3.11. The molecule has 0 spiro atoms. The van der Waals surface area contributed by atoms with Gasteiger partial charge in [-0.05, 0) is 48.9 Å². The molecule has 1 aromatic heterocycles. The molecule has 0 radical (unpaired) electrons. The summed E-state index contributed by atoms with van der Waals surface area (Å²) >= 11 is 6.11. The molecule has 4 rings (SSSR count). The van der Waals surface area contributed by atoms with E-state index in [1.165, 1.54) is 12.1 Å². The van der Waals surface area contributed by atoms with Crippen molar-refractivity contribution in [1.82, 2.24) is 19.9 Å². The minimum absolute atomic E-state index is 0.161. The van der Waals surface area contributed by atoms with Gasteiger partial charge in [0.15, 0.2) is 5.82 Å². The number of halogens is 4. The number of urea groups is 1. The molecule has 7 nitrogen and oxygen atoms in total. The third-order valence-corrected chi connectivity index (χ3v) is 5.78. The molecule has 0 bridgehead atoms. The summed E-state index contributed by atoms with van der Waals surface area (Å²) in [5.74, 6) is 0.589. The number of hydrogen-bond acceptors (Lipinski definition) is 5. The van der Waals surface area contributed by atoms with Crippen molar-refractivity contribution in [3.8, 4) is 11.5 Å². The standard InChI is InChI=1S/C22H21ClF3N5O2/c1-14-2-7-17(12-18(14)23)27-21(32)31-10-8-30(9-11-31)13-19-28-20(33-29-19)15-3-5-16(6-4-15)22(24,25)26/h2-7,12H,8-11,13H2,1H3,(H,27,32). The minimum atomic E-state index is -4.40. The van der Waals surface area contributed by atoms with Crippen LogP contribution in [0.3, 0.4) is 0 Å². The topological polar surface area (TPSA) is 74.5 Å². The Labute approximate surface area is 193 Å². The highest BCUT2D eigenvalue weighted by Crippen LogP contribution is 2.30. The van der Waals surface area contributed by atoms with Gasteiger partial charge < -0.3 is 14.7 Å². The third-order valence-electron chi connectivity index (χ3n) is 5.37. The molecule has 2 amide bonds. The monoisotopic (exact) mass is 479 g/mol. The number of alkyl halides is 3. The van der Waals surface area contributed by atoms with Crippen LogP contribution < -0.4 is 5.32 Å². The molecule has 1 N–H and O–H groups in total. The Morgan fingerprint density at radius 1 is 1.12 bits per heavy atom. The number of piperazine rings is 1. The van der Waals surface area contributed by atoms with Crippen molar-refractivity contribution in [2.75, 3.05) is 31.5 Å². The summed E-state index contributed by atoms with van der Waals surface area (Å²) in [6, 6.07) is 9.74. The van der Waals surface area contributed by atoms with Crippen LogP contribution in [0.5, 0.6) is 0 Å². The smallest absolute Gasteiger partial charge is 0.334 e. The molecule has 2 heterocycles. The molecule has 0 unspecified atom stereocenters. The van der Waals surface area contributed by atoms with Crippen molar-refractivity contribution in [3.05, 3.63) is 64.4 Å². The van der Waals surface area contributed by atoms with Crippen molar-refractivity contribution in [2.24, 2.45) is 0 Å². The molecule has 174 valence electrons. The number of aromatic nitrogens is 2. The number of amides is 2. The molecule has 2 aromatic carbocycles. The SMILES string of the molecule is Cc1ccc(NC(=O)N2CCN(Cc3noc(-c4ccc(C(F)(F)F)cc4)n3)CC2)cc1Cl. The lowest BCUT2D eigenvalue weighted by molar-refractivity contribution is -0.137. The summed E-state index contributed by atoms with van der Waals surface area (Å²) in [6.07, 6.45) is -4.40. The molecule has 0 saturated carbocycles. The molecular weight excluding hydrogens is 459 g/mol. The largest absolute Gasteiger partial charge is 0.416 e. The van der Waals surface area contributed by atoms with Crippen LogP contribution in [0.4, 0.5) is 23.7 Å². The van der Waals surface area contributed by atoms with Crippen LogP contribution in [0.15, 0.2) is 47.0 Å². The van der Waals surface area contributed by atoms with E-state index in [0.717, 1.165) is 17.7 Å². The summed E-state index contributed by atoms with van der Waals surface area (Å²) in [7, 11) is 0. The number of carbonyl (C=O) groups excluding carboxylic acids is 1. The van der Waals surface area contributed by atoms with Gasteiger partial charge in [-0.15, -0.1) is 0 Å². The number of nitrogens with zero attached hydrogens (tertiary/aromatic N) is 4.